The predicted molar refractivity (Wildman–Crippen MR) is 110 cm³/mol. The second kappa shape index (κ2) is 8.29. The molecule has 0 aliphatic heterocycles. The van der Waals surface area contributed by atoms with Gasteiger partial charge in [0.25, 0.3) is 0 Å². The normalized spacial score (nSPS) is 20.4. The van der Waals surface area contributed by atoms with Crippen molar-refractivity contribution in [3.05, 3.63) is 34.4 Å². The molecule has 2 heteroatoms. The Hall–Kier alpha value is -1.44. The summed E-state index contributed by atoms with van der Waals surface area (Å²) >= 11 is 0. The molecule has 0 unspecified atom stereocenters. The van der Waals surface area contributed by atoms with Gasteiger partial charge in [0, 0.05) is 11.4 Å². The van der Waals surface area contributed by atoms with Gasteiger partial charge in [-0.2, -0.15) is 0 Å². The van der Waals surface area contributed by atoms with Crippen LogP contribution in [0.5, 0.6) is 0 Å². The molecule has 2 nitrogen and oxygen atoms in total. The molecule has 0 radical (unpaired) electrons. The van der Waals surface area contributed by atoms with Crippen LogP contribution >= 0.6 is 0 Å². The molecule has 0 amide bonds. The van der Waals surface area contributed by atoms with E-state index in [-0.39, 0.29) is 0 Å². The number of rotatable bonds is 4. The lowest BCUT2D eigenvalue weighted by molar-refractivity contribution is 0.418. The van der Waals surface area contributed by atoms with Gasteiger partial charge in [0.1, 0.15) is 0 Å². The Labute approximate surface area is 154 Å². The fourth-order valence-electron chi connectivity index (χ4n) is 5.17. The first-order valence-corrected chi connectivity index (χ1v) is 10.5. The van der Waals surface area contributed by atoms with Crippen LogP contribution in [0, 0.1) is 6.92 Å². The molecule has 1 aromatic carbocycles. The van der Waals surface area contributed by atoms with Gasteiger partial charge in [-0.1, -0.05) is 50.7 Å². The van der Waals surface area contributed by atoms with Crippen molar-refractivity contribution in [3.8, 4) is 0 Å². The van der Waals surface area contributed by atoms with E-state index in [1.807, 2.05) is 0 Å². The van der Waals surface area contributed by atoms with Crippen molar-refractivity contribution < 1.29 is 0 Å². The van der Waals surface area contributed by atoms with Crippen molar-refractivity contribution in [2.75, 3.05) is 11.5 Å². The summed E-state index contributed by atoms with van der Waals surface area (Å²) in [4.78, 5) is 0. The second-order valence-corrected chi connectivity index (χ2v) is 8.20. The predicted octanol–water partition coefficient (Wildman–Crippen LogP) is 6.37. The largest absolute Gasteiger partial charge is 0.398 e. The molecule has 2 aliphatic carbocycles. The first kappa shape index (κ1) is 18.4. The number of nitrogen functional groups attached to an aromatic ring is 2. The van der Waals surface area contributed by atoms with Crippen molar-refractivity contribution in [3.63, 3.8) is 0 Å². The Morgan fingerprint density at radius 2 is 1.32 bits per heavy atom. The van der Waals surface area contributed by atoms with E-state index in [0.717, 1.165) is 23.4 Å². The third-order valence-corrected chi connectivity index (χ3v) is 6.62. The van der Waals surface area contributed by atoms with Gasteiger partial charge in [0.05, 0.1) is 0 Å². The van der Waals surface area contributed by atoms with Crippen LogP contribution in [0.3, 0.4) is 0 Å². The number of anilines is 2. The van der Waals surface area contributed by atoms with Crippen molar-refractivity contribution >= 4 is 11.4 Å². The van der Waals surface area contributed by atoms with E-state index < -0.39 is 0 Å². The van der Waals surface area contributed by atoms with Crippen molar-refractivity contribution in [1.29, 1.82) is 0 Å². The topological polar surface area (TPSA) is 52.0 Å². The zero-order chi connectivity index (χ0) is 17.8. The van der Waals surface area contributed by atoms with Crippen LogP contribution in [0.25, 0.3) is 0 Å². The van der Waals surface area contributed by atoms with Crippen LogP contribution in [-0.4, -0.2) is 0 Å². The average molecular weight is 341 g/mol. The Morgan fingerprint density at radius 3 is 1.84 bits per heavy atom. The van der Waals surface area contributed by atoms with Crippen LogP contribution in [0.1, 0.15) is 105 Å². The van der Waals surface area contributed by atoms with E-state index in [1.54, 1.807) is 5.56 Å². The van der Waals surface area contributed by atoms with Crippen molar-refractivity contribution in [1.82, 2.24) is 0 Å². The highest BCUT2D eigenvalue weighted by atomic mass is 14.6. The minimum atomic E-state index is 0.648. The van der Waals surface area contributed by atoms with E-state index in [1.165, 1.54) is 75.3 Å². The van der Waals surface area contributed by atoms with Crippen LogP contribution in [0.2, 0.25) is 0 Å². The zero-order valence-corrected chi connectivity index (χ0v) is 16.2. The Balaban J connectivity index is 2.16. The van der Waals surface area contributed by atoms with Gasteiger partial charge >= 0.3 is 0 Å². The molecule has 1 aromatic rings. The van der Waals surface area contributed by atoms with E-state index in [9.17, 15) is 0 Å². The molecule has 4 N–H and O–H groups in total. The molecule has 2 saturated carbocycles. The number of allylic oxidation sites excluding steroid dienone is 2. The maximum atomic E-state index is 6.72. The van der Waals surface area contributed by atoms with Gasteiger partial charge in [0.2, 0.25) is 0 Å². The number of nitrogens with two attached hydrogens (primary N) is 2. The molecule has 0 aromatic heterocycles. The van der Waals surface area contributed by atoms with Crippen LogP contribution in [0.15, 0.2) is 12.2 Å². The third kappa shape index (κ3) is 3.73. The van der Waals surface area contributed by atoms with E-state index in [0.29, 0.717) is 11.8 Å². The zero-order valence-electron chi connectivity index (χ0n) is 16.2. The quantitative estimate of drug-likeness (QED) is 0.494. The molecule has 3 rings (SSSR count). The van der Waals surface area contributed by atoms with Gasteiger partial charge in [-0.3, -0.25) is 0 Å². The maximum absolute atomic E-state index is 6.72. The number of hydrogen-bond donors (Lipinski definition) is 2. The van der Waals surface area contributed by atoms with Crippen LogP contribution < -0.4 is 11.5 Å². The van der Waals surface area contributed by atoms with Gasteiger partial charge in [-0.15, -0.1) is 0 Å². The monoisotopic (exact) mass is 340 g/mol. The third-order valence-electron chi connectivity index (χ3n) is 6.62. The standard InChI is InChI=1S/C23H36N2/c1-3-4-15-19-20(17-11-7-5-8-12-17)21(18-13-9-6-10-14-18)23(25)16(2)22(19)24/h3-4,17-18H,5-15,24-25H2,1-2H3. The lowest BCUT2D eigenvalue weighted by Gasteiger charge is -2.34. The van der Waals surface area contributed by atoms with Crippen LogP contribution in [0.4, 0.5) is 11.4 Å². The van der Waals surface area contributed by atoms with Crippen molar-refractivity contribution in [2.45, 2.75) is 96.3 Å². The Kier molecular flexibility index (Phi) is 6.09. The molecule has 0 saturated heterocycles. The maximum Gasteiger partial charge on any atom is 0.0403 e. The molecule has 138 valence electrons. The minimum Gasteiger partial charge on any atom is -0.398 e. The molecule has 2 aliphatic rings. The first-order chi connectivity index (χ1) is 12.1. The first-order valence-electron chi connectivity index (χ1n) is 10.5. The molecule has 0 bridgehead atoms. The molecule has 2 fully saturated rings. The van der Waals surface area contributed by atoms with E-state index in [4.69, 9.17) is 11.5 Å². The fourth-order valence-corrected chi connectivity index (χ4v) is 5.17. The van der Waals surface area contributed by atoms with Gasteiger partial charge in [-0.25, -0.2) is 0 Å². The molecule has 25 heavy (non-hydrogen) atoms. The van der Waals surface area contributed by atoms with Crippen LogP contribution in [-0.2, 0) is 6.42 Å². The highest BCUT2D eigenvalue weighted by Crippen LogP contribution is 2.48. The van der Waals surface area contributed by atoms with Crippen molar-refractivity contribution in [2.24, 2.45) is 0 Å². The van der Waals surface area contributed by atoms with Gasteiger partial charge < -0.3 is 11.5 Å². The summed E-state index contributed by atoms with van der Waals surface area (Å²) < 4.78 is 0. The second-order valence-electron chi connectivity index (χ2n) is 8.20. The summed E-state index contributed by atoms with van der Waals surface area (Å²) in [7, 11) is 0. The summed E-state index contributed by atoms with van der Waals surface area (Å²) in [5, 5.41) is 0. The summed E-state index contributed by atoms with van der Waals surface area (Å²) in [5.74, 6) is 1.31. The lowest BCUT2D eigenvalue weighted by Crippen LogP contribution is -2.19. The van der Waals surface area contributed by atoms with Gasteiger partial charge in [0.15, 0.2) is 0 Å². The van der Waals surface area contributed by atoms with Gasteiger partial charge in [-0.05, 0) is 80.0 Å². The Morgan fingerprint density at radius 1 is 0.800 bits per heavy atom. The minimum absolute atomic E-state index is 0.648. The van der Waals surface area contributed by atoms with E-state index >= 15 is 0 Å². The smallest absolute Gasteiger partial charge is 0.0403 e. The molecule has 0 heterocycles. The fraction of sp³-hybridized carbons (Fsp3) is 0.652. The summed E-state index contributed by atoms with van der Waals surface area (Å²) in [6.45, 7) is 4.23. The number of benzene rings is 1. The summed E-state index contributed by atoms with van der Waals surface area (Å²) in [6.07, 6.45) is 18.8. The van der Waals surface area contributed by atoms with E-state index in [2.05, 4.69) is 26.0 Å². The molecular formula is C23H36N2. The summed E-state index contributed by atoms with van der Waals surface area (Å²) in [6, 6.07) is 0. The highest BCUT2D eigenvalue weighted by Gasteiger charge is 2.30. The number of hydrogen-bond acceptors (Lipinski definition) is 2. The average Bonchev–Trinajstić information content (AvgIpc) is 2.66. The SMILES string of the molecule is CC=CCc1c(N)c(C)c(N)c(C2CCCCC2)c1C1CCCCC1. The molecule has 0 atom stereocenters. The molecular weight excluding hydrogens is 304 g/mol. The lowest BCUT2D eigenvalue weighted by atomic mass is 9.72. The molecule has 0 spiro atoms. The highest BCUT2D eigenvalue weighted by molar-refractivity contribution is 5.73. The Bertz CT molecular complexity index is 618. The summed E-state index contributed by atoms with van der Waals surface area (Å²) in [5.41, 5.74) is 20.9.